The minimum atomic E-state index is -0.370. The molecule has 0 bridgehead atoms. The average molecular weight is 428 g/mol. The molecule has 3 aromatic rings. The highest BCUT2D eigenvalue weighted by molar-refractivity contribution is 8.00. The molecule has 30 heavy (non-hydrogen) atoms. The number of nitrogens with zero attached hydrogens (tertiary/aromatic N) is 1. The lowest BCUT2D eigenvalue weighted by Crippen LogP contribution is -2.19. The number of aryl methyl sites for hydroxylation is 3. The van der Waals surface area contributed by atoms with E-state index in [4.69, 9.17) is 4.74 Å². The number of esters is 1. The third kappa shape index (κ3) is 5.76. The lowest BCUT2D eigenvalue weighted by atomic mass is 10.1. The molecular formula is C22H25N3O4S. The van der Waals surface area contributed by atoms with Gasteiger partial charge in [-0.3, -0.25) is 14.2 Å². The Morgan fingerprint density at radius 2 is 1.93 bits per heavy atom. The number of aromatic amines is 1. The Morgan fingerprint density at radius 3 is 2.73 bits per heavy atom. The van der Waals surface area contributed by atoms with Crippen molar-refractivity contribution in [1.29, 1.82) is 0 Å². The molecule has 0 fully saturated rings. The van der Waals surface area contributed by atoms with Gasteiger partial charge in [-0.05, 0) is 44.0 Å². The van der Waals surface area contributed by atoms with Gasteiger partial charge in [0.2, 0.25) is 5.91 Å². The molecule has 0 unspecified atom stereocenters. The van der Waals surface area contributed by atoms with Crippen LogP contribution in [0.3, 0.4) is 0 Å². The van der Waals surface area contributed by atoms with E-state index in [0.717, 1.165) is 27.8 Å². The third-order valence-corrected chi connectivity index (χ3v) is 5.49. The molecule has 0 saturated heterocycles. The van der Waals surface area contributed by atoms with E-state index in [9.17, 15) is 14.4 Å². The molecule has 2 N–H and O–H groups in total. The van der Waals surface area contributed by atoms with Gasteiger partial charge in [0.15, 0.2) is 0 Å². The molecule has 0 aliphatic rings. The van der Waals surface area contributed by atoms with Crippen molar-refractivity contribution in [3.8, 4) is 0 Å². The highest BCUT2D eigenvalue weighted by Crippen LogP contribution is 2.16. The minimum Gasteiger partial charge on any atom is -0.465 e. The van der Waals surface area contributed by atoms with Gasteiger partial charge in [-0.1, -0.05) is 29.8 Å². The second kappa shape index (κ2) is 10.2. The Morgan fingerprint density at radius 1 is 1.13 bits per heavy atom. The van der Waals surface area contributed by atoms with Crippen LogP contribution in [0.25, 0.3) is 11.0 Å². The molecule has 0 atom stereocenters. The number of ether oxygens (including phenoxy) is 1. The van der Waals surface area contributed by atoms with Crippen LogP contribution < -0.4 is 11.0 Å². The molecule has 158 valence electrons. The zero-order valence-electron chi connectivity index (χ0n) is 17.1. The van der Waals surface area contributed by atoms with Crippen LogP contribution in [0.1, 0.15) is 17.5 Å². The number of anilines is 1. The molecule has 7 nitrogen and oxygen atoms in total. The van der Waals surface area contributed by atoms with Crippen LogP contribution in [0, 0.1) is 13.8 Å². The highest BCUT2D eigenvalue weighted by Gasteiger charge is 2.09. The SMILES string of the molecule is Cc1ccc(NC(=O)CSCC(=O)OCCCn2c(=O)[nH]c3ccccc32)c(C)c1. The molecule has 0 spiro atoms. The quantitative estimate of drug-likeness (QED) is 0.404. The number of aromatic nitrogens is 2. The summed E-state index contributed by atoms with van der Waals surface area (Å²) in [4.78, 5) is 38.7. The molecule has 0 saturated carbocycles. The van der Waals surface area contributed by atoms with E-state index in [1.807, 2.05) is 56.3 Å². The number of hydrogen-bond acceptors (Lipinski definition) is 5. The summed E-state index contributed by atoms with van der Waals surface area (Å²) < 4.78 is 6.84. The summed E-state index contributed by atoms with van der Waals surface area (Å²) in [7, 11) is 0. The molecule has 0 radical (unpaired) electrons. The number of amides is 1. The van der Waals surface area contributed by atoms with Crippen molar-refractivity contribution < 1.29 is 14.3 Å². The van der Waals surface area contributed by atoms with Crippen LogP contribution in [0.15, 0.2) is 47.3 Å². The summed E-state index contributed by atoms with van der Waals surface area (Å²) in [5, 5.41) is 2.85. The summed E-state index contributed by atoms with van der Waals surface area (Å²) in [6, 6.07) is 13.3. The van der Waals surface area contributed by atoms with E-state index >= 15 is 0 Å². The maximum Gasteiger partial charge on any atom is 0.326 e. The van der Waals surface area contributed by atoms with Crippen molar-refractivity contribution in [2.24, 2.45) is 0 Å². The zero-order valence-corrected chi connectivity index (χ0v) is 17.9. The molecule has 2 aromatic carbocycles. The number of para-hydroxylation sites is 2. The fraction of sp³-hybridized carbons (Fsp3) is 0.318. The number of rotatable bonds is 9. The molecule has 1 heterocycles. The number of nitrogens with one attached hydrogen (secondary N) is 2. The molecule has 1 aromatic heterocycles. The molecule has 8 heteroatoms. The molecule has 0 aliphatic carbocycles. The van der Waals surface area contributed by atoms with Gasteiger partial charge in [-0.15, -0.1) is 11.8 Å². The van der Waals surface area contributed by atoms with Crippen molar-refractivity contribution in [3.63, 3.8) is 0 Å². The Bertz CT molecular complexity index is 1100. The van der Waals surface area contributed by atoms with Crippen molar-refractivity contribution in [2.45, 2.75) is 26.8 Å². The topological polar surface area (TPSA) is 93.2 Å². The maximum absolute atomic E-state index is 12.0. The van der Waals surface area contributed by atoms with Crippen LogP contribution in [-0.2, 0) is 20.9 Å². The van der Waals surface area contributed by atoms with Gasteiger partial charge in [-0.2, -0.15) is 0 Å². The molecule has 0 aliphatic heterocycles. The summed E-state index contributed by atoms with van der Waals surface area (Å²) in [5.74, 6) is -0.246. The van der Waals surface area contributed by atoms with Gasteiger partial charge in [-0.25, -0.2) is 4.79 Å². The predicted molar refractivity (Wildman–Crippen MR) is 120 cm³/mol. The van der Waals surface area contributed by atoms with Crippen LogP contribution in [0.5, 0.6) is 0 Å². The lowest BCUT2D eigenvalue weighted by Gasteiger charge is -2.09. The number of benzene rings is 2. The summed E-state index contributed by atoms with van der Waals surface area (Å²) in [5.41, 5.74) is 4.36. The minimum absolute atomic E-state index is 0.104. The van der Waals surface area contributed by atoms with Gasteiger partial charge in [0.1, 0.15) is 0 Å². The van der Waals surface area contributed by atoms with E-state index in [0.29, 0.717) is 13.0 Å². The second-order valence-electron chi connectivity index (χ2n) is 7.03. The molecule has 3 rings (SSSR count). The van der Waals surface area contributed by atoms with Crippen molar-refractivity contribution in [2.75, 3.05) is 23.4 Å². The third-order valence-electron chi connectivity index (χ3n) is 4.58. The van der Waals surface area contributed by atoms with Crippen LogP contribution in [0.2, 0.25) is 0 Å². The van der Waals surface area contributed by atoms with Gasteiger partial charge < -0.3 is 15.0 Å². The second-order valence-corrected chi connectivity index (χ2v) is 8.02. The normalized spacial score (nSPS) is 10.9. The first-order valence-corrected chi connectivity index (χ1v) is 10.9. The number of thioether (sulfide) groups is 1. The van der Waals surface area contributed by atoms with Crippen molar-refractivity contribution in [3.05, 3.63) is 64.1 Å². The molecule has 1 amide bonds. The van der Waals surface area contributed by atoms with E-state index in [1.165, 1.54) is 11.8 Å². The number of carbonyl (C=O) groups is 2. The average Bonchev–Trinajstić information content (AvgIpc) is 3.02. The Labute approximate surface area is 178 Å². The number of fused-ring (bicyclic) bond motifs is 1. The van der Waals surface area contributed by atoms with E-state index < -0.39 is 0 Å². The number of H-pyrrole nitrogens is 1. The number of hydrogen-bond donors (Lipinski definition) is 2. The van der Waals surface area contributed by atoms with Gasteiger partial charge in [0.05, 0.1) is 29.1 Å². The van der Waals surface area contributed by atoms with E-state index in [2.05, 4.69) is 10.3 Å². The number of imidazole rings is 1. The Hall–Kier alpha value is -3.00. The first-order chi connectivity index (χ1) is 14.4. The summed E-state index contributed by atoms with van der Waals surface area (Å²) in [6.07, 6.45) is 0.533. The molecular weight excluding hydrogens is 402 g/mol. The number of carbonyl (C=O) groups excluding carboxylic acids is 2. The van der Waals surface area contributed by atoms with Crippen LogP contribution in [0.4, 0.5) is 5.69 Å². The van der Waals surface area contributed by atoms with E-state index in [1.54, 1.807) is 4.57 Å². The standard InChI is InChI=1S/C22H25N3O4S/c1-15-8-9-17(16(2)12-15)23-20(26)13-30-14-21(27)29-11-5-10-25-19-7-4-3-6-18(19)24-22(25)28/h3-4,6-9,12H,5,10-11,13-14H2,1-2H3,(H,23,26)(H,24,28). The van der Waals surface area contributed by atoms with Crippen LogP contribution in [-0.4, -0.2) is 39.5 Å². The van der Waals surface area contributed by atoms with Crippen LogP contribution >= 0.6 is 11.8 Å². The first kappa shape index (κ1) is 21.7. The zero-order chi connectivity index (χ0) is 21.5. The monoisotopic (exact) mass is 427 g/mol. The van der Waals surface area contributed by atoms with Gasteiger partial charge in [0.25, 0.3) is 0 Å². The van der Waals surface area contributed by atoms with Gasteiger partial charge in [0, 0.05) is 12.2 Å². The first-order valence-electron chi connectivity index (χ1n) is 9.72. The van der Waals surface area contributed by atoms with E-state index in [-0.39, 0.29) is 35.7 Å². The maximum atomic E-state index is 12.0. The van der Waals surface area contributed by atoms with Gasteiger partial charge >= 0.3 is 11.7 Å². The summed E-state index contributed by atoms with van der Waals surface area (Å²) >= 11 is 1.21. The largest absolute Gasteiger partial charge is 0.465 e. The summed E-state index contributed by atoms with van der Waals surface area (Å²) in [6.45, 7) is 4.62. The van der Waals surface area contributed by atoms with Crippen molar-refractivity contribution in [1.82, 2.24) is 9.55 Å². The Balaban J connectivity index is 1.34. The van der Waals surface area contributed by atoms with Crippen molar-refractivity contribution >= 4 is 40.4 Å². The highest BCUT2D eigenvalue weighted by atomic mass is 32.2. The lowest BCUT2D eigenvalue weighted by molar-refractivity contribution is -0.140. The fourth-order valence-electron chi connectivity index (χ4n) is 3.15. The smallest absolute Gasteiger partial charge is 0.326 e. The fourth-order valence-corrected chi connectivity index (χ4v) is 3.76. The predicted octanol–water partition coefficient (Wildman–Crippen LogP) is 3.25. The Kier molecular flexibility index (Phi) is 7.35.